The summed E-state index contributed by atoms with van der Waals surface area (Å²) in [5.74, 6) is 0.901. The minimum Gasteiger partial charge on any atom is -0.507 e. The molecule has 1 saturated heterocycles. The molecule has 2 aromatic rings. The molecule has 0 saturated carbocycles. The number of phenolic OH excluding ortho intramolecular Hbond substituents is 1. The van der Waals surface area contributed by atoms with E-state index in [0.717, 1.165) is 18.7 Å². The first-order valence-electron chi connectivity index (χ1n) is 9.17. The van der Waals surface area contributed by atoms with Gasteiger partial charge in [0.25, 0.3) is 0 Å². The zero-order chi connectivity index (χ0) is 19.8. The SMILES string of the molecule is [C-]#[N+]c1ccc(O)c(-c2ccc(N(C)C3CC(C)(C)NC(C)(C)C3)nn2)c1. The Hall–Kier alpha value is -2.65. The zero-order valence-corrected chi connectivity index (χ0v) is 16.6. The number of nitrogens with zero attached hydrogens (tertiary/aromatic N) is 4. The van der Waals surface area contributed by atoms with Crippen LogP contribution in [0.4, 0.5) is 11.5 Å². The Morgan fingerprint density at radius 3 is 2.33 bits per heavy atom. The Labute approximate surface area is 161 Å². The molecule has 27 heavy (non-hydrogen) atoms. The maximum atomic E-state index is 10.1. The fraction of sp³-hybridized carbons (Fsp3) is 0.476. The van der Waals surface area contributed by atoms with E-state index in [2.05, 4.69) is 60.0 Å². The second-order valence-corrected chi connectivity index (χ2v) is 8.66. The number of aromatic nitrogens is 2. The number of rotatable bonds is 3. The molecule has 1 aliphatic rings. The van der Waals surface area contributed by atoms with Crippen molar-refractivity contribution in [2.45, 2.75) is 57.7 Å². The van der Waals surface area contributed by atoms with Gasteiger partial charge in [0.2, 0.25) is 0 Å². The van der Waals surface area contributed by atoms with Gasteiger partial charge in [0.1, 0.15) is 5.75 Å². The highest BCUT2D eigenvalue weighted by molar-refractivity contribution is 5.72. The number of benzene rings is 1. The van der Waals surface area contributed by atoms with E-state index in [9.17, 15) is 5.11 Å². The molecule has 2 N–H and O–H groups in total. The molecule has 1 fully saturated rings. The Morgan fingerprint density at radius 1 is 1.11 bits per heavy atom. The largest absolute Gasteiger partial charge is 0.507 e. The third kappa shape index (κ3) is 4.20. The summed E-state index contributed by atoms with van der Waals surface area (Å²) < 4.78 is 0. The van der Waals surface area contributed by atoms with Gasteiger partial charge in [0.15, 0.2) is 11.5 Å². The number of anilines is 1. The fourth-order valence-corrected chi connectivity index (χ4v) is 4.19. The van der Waals surface area contributed by atoms with Crippen molar-refractivity contribution in [3.63, 3.8) is 0 Å². The molecule has 142 valence electrons. The smallest absolute Gasteiger partial charge is 0.188 e. The Kier molecular flexibility index (Phi) is 4.83. The van der Waals surface area contributed by atoms with Crippen LogP contribution < -0.4 is 10.2 Å². The first-order chi connectivity index (χ1) is 12.6. The van der Waals surface area contributed by atoms with E-state index >= 15 is 0 Å². The third-order valence-corrected chi connectivity index (χ3v) is 5.11. The molecule has 3 rings (SSSR count). The Bertz CT molecular complexity index is 851. The molecule has 1 aromatic carbocycles. The number of piperidine rings is 1. The van der Waals surface area contributed by atoms with Crippen molar-refractivity contribution in [1.29, 1.82) is 0 Å². The second kappa shape index (κ2) is 6.82. The van der Waals surface area contributed by atoms with E-state index < -0.39 is 0 Å². The summed E-state index contributed by atoms with van der Waals surface area (Å²) in [7, 11) is 2.06. The molecular weight excluding hydrogens is 338 g/mol. The van der Waals surface area contributed by atoms with Crippen molar-refractivity contribution < 1.29 is 5.11 Å². The number of nitrogens with one attached hydrogen (secondary N) is 1. The lowest BCUT2D eigenvalue weighted by molar-refractivity contribution is 0.160. The molecule has 6 heteroatoms. The maximum absolute atomic E-state index is 10.1. The quantitative estimate of drug-likeness (QED) is 0.800. The molecule has 0 aliphatic carbocycles. The van der Waals surface area contributed by atoms with E-state index in [4.69, 9.17) is 6.57 Å². The topological polar surface area (TPSA) is 65.6 Å². The van der Waals surface area contributed by atoms with Crippen LogP contribution in [0.5, 0.6) is 5.75 Å². The number of phenols is 1. The highest BCUT2D eigenvalue weighted by atomic mass is 16.3. The maximum Gasteiger partial charge on any atom is 0.188 e. The lowest BCUT2D eigenvalue weighted by Gasteiger charge is -2.49. The van der Waals surface area contributed by atoms with E-state index in [-0.39, 0.29) is 16.8 Å². The van der Waals surface area contributed by atoms with Gasteiger partial charge in [-0.15, -0.1) is 10.2 Å². The molecule has 1 aromatic heterocycles. The average molecular weight is 365 g/mol. The molecule has 0 unspecified atom stereocenters. The lowest BCUT2D eigenvalue weighted by atomic mass is 9.79. The summed E-state index contributed by atoms with van der Waals surface area (Å²) in [4.78, 5) is 5.60. The second-order valence-electron chi connectivity index (χ2n) is 8.66. The monoisotopic (exact) mass is 365 g/mol. The summed E-state index contributed by atoms with van der Waals surface area (Å²) in [6.07, 6.45) is 2.04. The van der Waals surface area contributed by atoms with Crippen molar-refractivity contribution >= 4 is 11.5 Å². The predicted molar refractivity (Wildman–Crippen MR) is 108 cm³/mol. The van der Waals surface area contributed by atoms with Gasteiger partial charge < -0.3 is 15.3 Å². The molecule has 2 heterocycles. The average Bonchev–Trinajstić information content (AvgIpc) is 2.59. The summed E-state index contributed by atoms with van der Waals surface area (Å²) in [6, 6.07) is 8.86. The minimum absolute atomic E-state index is 0.0556. The highest BCUT2D eigenvalue weighted by Gasteiger charge is 2.39. The molecule has 1 aliphatic heterocycles. The summed E-state index contributed by atoms with van der Waals surface area (Å²) in [5, 5.41) is 22.5. The molecule has 6 nitrogen and oxygen atoms in total. The van der Waals surface area contributed by atoms with Gasteiger partial charge in [0, 0.05) is 29.7 Å². The van der Waals surface area contributed by atoms with Crippen LogP contribution in [0.15, 0.2) is 30.3 Å². The van der Waals surface area contributed by atoms with Crippen molar-refractivity contribution in [2.24, 2.45) is 0 Å². The number of hydrogen-bond acceptors (Lipinski definition) is 5. The molecule has 0 amide bonds. The van der Waals surface area contributed by atoms with Gasteiger partial charge >= 0.3 is 0 Å². The van der Waals surface area contributed by atoms with Crippen LogP contribution in [0, 0.1) is 6.57 Å². The van der Waals surface area contributed by atoms with E-state index in [1.807, 2.05) is 12.1 Å². The summed E-state index contributed by atoms with van der Waals surface area (Å²) >= 11 is 0. The van der Waals surface area contributed by atoms with Gasteiger partial charge in [0.05, 0.1) is 12.3 Å². The molecular formula is C21H27N5O. The number of aromatic hydroxyl groups is 1. The van der Waals surface area contributed by atoms with Crippen molar-refractivity contribution in [3.05, 3.63) is 41.7 Å². The first kappa shape index (κ1) is 19.1. The fourth-order valence-electron chi connectivity index (χ4n) is 4.19. The van der Waals surface area contributed by atoms with Gasteiger partial charge in [-0.1, -0.05) is 6.07 Å². The van der Waals surface area contributed by atoms with Crippen LogP contribution in [0.3, 0.4) is 0 Å². The van der Waals surface area contributed by atoms with Crippen molar-refractivity contribution in [1.82, 2.24) is 15.5 Å². The van der Waals surface area contributed by atoms with Gasteiger partial charge in [-0.3, -0.25) is 0 Å². The van der Waals surface area contributed by atoms with E-state index in [1.54, 1.807) is 12.1 Å². The van der Waals surface area contributed by atoms with Crippen LogP contribution in [-0.4, -0.2) is 39.5 Å². The lowest BCUT2D eigenvalue weighted by Crippen LogP contribution is -2.62. The summed E-state index contributed by atoms with van der Waals surface area (Å²) in [6.45, 7) is 16.1. The van der Waals surface area contributed by atoms with Crippen molar-refractivity contribution in [2.75, 3.05) is 11.9 Å². The van der Waals surface area contributed by atoms with Crippen LogP contribution in [0.25, 0.3) is 16.1 Å². The Balaban J connectivity index is 1.84. The standard InChI is InChI=1S/C21H27N5O/c1-20(2)12-15(13-21(3,4)25-20)26(6)19-10-8-17(23-24-19)16-11-14(22-5)7-9-18(16)27/h7-11,15,25,27H,12-13H2,1-4,6H3. The van der Waals surface area contributed by atoms with Crippen LogP contribution in [0.2, 0.25) is 0 Å². The highest BCUT2D eigenvalue weighted by Crippen LogP contribution is 2.34. The van der Waals surface area contributed by atoms with Gasteiger partial charge in [-0.05, 0) is 64.8 Å². The van der Waals surface area contributed by atoms with Crippen LogP contribution in [-0.2, 0) is 0 Å². The molecule has 0 bridgehead atoms. The van der Waals surface area contributed by atoms with Gasteiger partial charge in [-0.2, -0.15) is 0 Å². The van der Waals surface area contributed by atoms with Crippen LogP contribution >= 0.6 is 0 Å². The van der Waals surface area contributed by atoms with Crippen molar-refractivity contribution in [3.8, 4) is 17.0 Å². The molecule has 0 radical (unpaired) electrons. The third-order valence-electron chi connectivity index (χ3n) is 5.11. The first-order valence-corrected chi connectivity index (χ1v) is 9.17. The van der Waals surface area contributed by atoms with E-state index in [0.29, 0.717) is 23.0 Å². The zero-order valence-electron chi connectivity index (χ0n) is 16.6. The normalized spacial score (nSPS) is 18.7. The van der Waals surface area contributed by atoms with E-state index in [1.165, 1.54) is 6.07 Å². The Morgan fingerprint density at radius 2 is 1.78 bits per heavy atom. The molecule has 0 spiro atoms. The summed E-state index contributed by atoms with van der Waals surface area (Å²) in [5.41, 5.74) is 1.65. The predicted octanol–water partition coefficient (Wildman–Crippen LogP) is 4.15. The van der Waals surface area contributed by atoms with Gasteiger partial charge in [-0.25, -0.2) is 4.85 Å². The number of hydrogen-bond donors (Lipinski definition) is 2. The van der Waals surface area contributed by atoms with Crippen LogP contribution in [0.1, 0.15) is 40.5 Å². The minimum atomic E-state index is 0.0556. The molecule has 0 atom stereocenters.